The molecule has 0 aliphatic carbocycles. The van der Waals surface area contributed by atoms with E-state index in [0.717, 1.165) is 45.0 Å². The minimum absolute atomic E-state index is 0.252. The van der Waals surface area contributed by atoms with Gasteiger partial charge in [0, 0.05) is 39.1 Å². The molecule has 18 heavy (non-hydrogen) atoms. The summed E-state index contributed by atoms with van der Waals surface area (Å²) in [5.74, 6) is 1.24. The topological polar surface area (TPSA) is 48.7 Å². The van der Waals surface area contributed by atoms with E-state index < -0.39 is 0 Å². The molecule has 1 amide bonds. The van der Waals surface area contributed by atoms with Gasteiger partial charge in [0.15, 0.2) is 0 Å². The summed E-state index contributed by atoms with van der Waals surface area (Å²) >= 11 is 0. The SMILES string of the molecule is CNCCC(=O)N1CCN(Cc2ccco2)CC1. The second-order valence-corrected chi connectivity index (χ2v) is 4.59. The highest BCUT2D eigenvalue weighted by molar-refractivity contribution is 5.76. The molecule has 0 aromatic carbocycles. The van der Waals surface area contributed by atoms with Crippen LogP contribution < -0.4 is 5.32 Å². The summed E-state index contributed by atoms with van der Waals surface area (Å²) < 4.78 is 5.33. The summed E-state index contributed by atoms with van der Waals surface area (Å²) in [5, 5.41) is 3.01. The fourth-order valence-corrected chi connectivity index (χ4v) is 2.17. The van der Waals surface area contributed by atoms with E-state index in [1.807, 2.05) is 24.1 Å². The van der Waals surface area contributed by atoms with Crippen LogP contribution in [0.3, 0.4) is 0 Å². The lowest BCUT2D eigenvalue weighted by molar-refractivity contribution is -0.132. The van der Waals surface area contributed by atoms with E-state index in [1.54, 1.807) is 6.26 Å². The van der Waals surface area contributed by atoms with Gasteiger partial charge in [-0.1, -0.05) is 0 Å². The number of nitrogens with zero attached hydrogens (tertiary/aromatic N) is 2. The maximum atomic E-state index is 11.8. The highest BCUT2D eigenvalue weighted by Crippen LogP contribution is 2.09. The Balaban J connectivity index is 1.72. The molecule has 1 aliphatic heterocycles. The van der Waals surface area contributed by atoms with Crippen LogP contribution in [0.2, 0.25) is 0 Å². The molecule has 0 unspecified atom stereocenters. The van der Waals surface area contributed by atoms with Crippen molar-refractivity contribution in [3.8, 4) is 0 Å². The van der Waals surface area contributed by atoms with Crippen molar-refractivity contribution in [2.24, 2.45) is 0 Å². The Morgan fingerprint density at radius 2 is 2.17 bits per heavy atom. The molecular formula is C13H21N3O2. The highest BCUT2D eigenvalue weighted by Gasteiger charge is 2.20. The molecule has 0 saturated carbocycles. The smallest absolute Gasteiger partial charge is 0.223 e. The number of carbonyl (C=O) groups excluding carboxylic acids is 1. The monoisotopic (exact) mass is 251 g/mol. The van der Waals surface area contributed by atoms with Crippen molar-refractivity contribution in [2.45, 2.75) is 13.0 Å². The number of rotatable bonds is 5. The van der Waals surface area contributed by atoms with E-state index >= 15 is 0 Å². The molecule has 1 N–H and O–H groups in total. The van der Waals surface area contributed by atoms with E-state index in [9.17, 15) is 4.79 Å². The van der Waals surface area contributed by atoms with Gasteiger partial charge in [0.25, 0.3) is 0 Å². The van der Waals surface area contributed by atoms with E-state index in [0.29, 0.717) is 6.42 Å². The van der Waals surface area contributed by atoms with Gasteiger partial charge in [0.05, 0.1) is 12.8 Å². The first-order chi connectivity index (χ1) is 8.79. The Morgan fingerprint density at radius 3 is 2.78 bits per heavy atom. The lowest BCUT2D eigenvalue weighted by Gasteiger charge is -2.34. The average Bonchev–Trinajstić information content (AvgIpc) is 2.89. The third-order valence-electron chi connectivity index (χ3n) is 3.27. The van der Waals surface area contributed by atoms with E-state index in [1.165, 1.54) is 0 Å². The minimum atomic E-state index is 0.252. The van der Waals surface area contributed by atoms with Crippen LogP contribution >= 0.6 is 0 Å². The molecule has 100 valence electrons. The summed E-state index contributed by atoms with van der Waals surface area (Å²) in [7, 11) is 1.87. The first-order valence-electron chi connectivity index (χ1n) is 6.46. The average molecular weight is 251 g/mol. The number of hydrogen-bond donors (Lipinski definition) is 1. The molecule has 0 bridgehead atoms. The van der Waals surface area contributed by atoms with E-state index in [2.05, 4.69) is 10.2 Å². The molecule has 1 aliphatic rings. The van der Waals surface area contributed by atoms with Gasteiger partial charge in [-0.25, -0.2) is 0 Å². The molecule has 2 rings (SSSR count). The summed E-state index contributed by atoms with van der Waals surface area (Å²) in [6.45, 7) is 5.08. The summed E-state index contributed by atoms with van der Waals surface area (Å²) in [6.07, 6.45) is 2.29. The molecule has 1 aromatic rings. The third-order valence-corrected chi connectivity index (χ3v) is 3.27. The van der Waals surface area contributed by atoms with Gasteiger partial charge in [-0.15, -0.1) is 0 Å². The standard InChI is InChI=1S/C13H21N3O2/c1-14-5-4-13(17)16-8-6-15(7-9-16)11-12-3-2-10-18-12/h2-3,10,14H,4-9,11H2,1H3. The predicted molar refractivity (Wildman–Crippen MR) is 69.1 cm³/mol. The lowest BCUT2D eigenvalue weighted by Crippen LogP contribution is -2.48. The van der Waals surface area contributed by atoms with Crippen molar-refractivity contribution >= 4 is 5.91 Å². The zero-order chi connectivity index (χ0) is 12.8. The normalized spacial score (nSPS) is 17.1. The van der Waals surface area contributed by atoms with Crippen LogP contribution in [-0.4, -0.2) is 55.5 Å². The summed E-state index contributed by atoms with van der Waals surface area (Å²) in [6, 6.07) is 3.90. The van der Waals surface area contributed by atoms with Gasteiger partial charge < -0.3 is 14.6 Å². The number of amides is 1. The number of furan rings is 1. The van der Waals surface area contributed by atoms with Crippen molar-refractivity contribution in [3.63, 3.8) is 0 Å². The summed E-state index contributed by atoms with van der Waals surface area (Å²) in [5.41, 5.74) is 0. The van der Waals surface area contributed by atoms with Gasteiger partial charge in [0.1, 0.15) is 5.76 Å². The van der Waals surface area contributed by atoms with Gasteiger partial charge in [0.2, 0.25) is 5.91 Å². The van der Waals surface area contributed by atoms with Crippen LogP contribution in [0, 0.1) is 0 Å². The Hall–Kier alpha value is -1.33. The Bertz CT molecular complexity index is 356. The fourth-order valence-electron chi connectivity index (χ4n) is 2.17. The number of carbonyl (C=O) groups is 1. The summed E-state index contributed by atoms with van der Waals surface area (Å²) in [4.78, 5) is 16.1. The minimum Gasteiger partial charge on any atom is -0.468 e. The Morgan fingerprint density at radius 1 is 1.39 bits per heavy atom. The van der Waals surface area contributed by atoms with Gasteiger partial charge in [-0.05, 0) is 19.2 Å². The highest BCUT2D eigenvalue weighted by atomic mass is 16.3. The number of hydrogen-bond acceptors (Lipinski definition) is 4. The number of piperazine rings is 1. The first-order valence-corrected chi connectivity index (χ1v) is 6.46. The molecule has 1 fully saturated rings. The Labute approximate surface area is 108 Å². The van der Waals surface area contributed by atoms with Crippen LogP contribution in [-0.2, 0) is 11.3 Å². The first kappa shape index (κ1) is 13.1. The van der Waals surface area contributed by atoms with E-state index in [4.69, 9.17) is 4.42 Å². The van der Waals surface area contributed by atoms with E-state index in [-0.39, 0.29) is 5.91 Å². The molecule has 5 heteroatoms. The van der Waals surface area contributed by atoms with Crippen molar-refractivity contribution in [3.05, 3.63) is 24.2 Å². The molecule has 5 nitrogen and oxygen atoms in total. The van der Waals surface area contributed by atoms with Gasteiger partial charge in [-0.2, -0.15) is 0 Å². The van der Waals surface area contributed by atoms with Crippen molar-refractivity contribution in [1.82, 2.24) is 15.1 Å². The van der Waals surface area contributed by atoms with Crippen molar-refractivity contribution < 1.29 is 9.21 Å². The maximum absolute atomic E-state index is 11.8. The second kappa shape index (κ2) is 6.56. The lowest BCUT2D eigenvalue weighted by atomic mass is 10.2. The molecule has 1 saturated heterocycles. The third kappa shape index (κ3) is 3.58. The predicted octanol–water partition coefficient (Wildman–Crippen LogP) is 0.533. The van der Waals surface area contributed by atoms with Crippen molar-refractivity contribution in [1.29, 1.82) is 0 Å². The molecule has 0 radical (unpaired) electrons. The number of nitrogens with one attached hydrogen (secondary N) is 1. The van der Waals surface area contributed by atoms with Crippen molar-refractivity contribution in [2.75, 3.05) is 39.8 Å². The zero-order valence-electron chi connectivity index (χ0n) is 10.9. The van der Waals surface area contributed by atoms with Crippen LogP contribution in [0.1, 0.15) is 12.2 Å². The fraction of sp³-hybridized carbons (Fsp3) is 0.615. The second-order valence-electron chi connectivity index (χ2n) is 4.59. The van der Waals surface area contributed by atoms with Crippen LogP contribution in [0.15, 0.2) is 22.8 Å². The van der Waals surface area contributed by atoms with Gasteiger partial charge >= 0.3 is 0 Å². The molecule has 0 atom stereocenters. The Kier molecular flexibility index (Phi) is 4.78. The molecule has 0 spiro atoms. The zero-order valence-corrected chi connectivity index (χ0v) is 10.9. The molecule has 1 aromatic heterocycles. The van der Waals surface area contributed by atoms with Gasteiger partial charge in [-0.3, -0.25) is 9.69 Å². The van der Waals surface area contributed by atoms with Crippen LogP contribution in [0.5, 0.6) is 0 Å². The molecule has 2 heterocycles. The van der Waals surface area contributed by atoms with Crippen LogP contribution in [0.25, 0.3) is 0 Å². The largest absolute Gasteiger partial charge is 0.468 e. The molecular weight excluding hydrogens is 230 g/mol. The quantitative estimate of drug-likeness (QED) is 0.829. The maximum Gasteiger partial charge on any atom is 0.223 e. The van der Waals surface area contributed by atoms with Crippen LogP contribution in [0.4, 0.5) is 0 Å².